The summed E-state index contributed by atoms with van der Waals surface area (Å²) >= 11 is 0. The number of likely N-dealkylation sites (tertiary alicyclic amines) is 1. The van der Waals surface area contributed by atoms with Crippen molar-refractivity contribution in [2.75, 3.05) is 19.7 Å². The number of amides is 1. The lowest BCUT2D eigenvalue weighted by molar-refractivity contribution is -0.149. The maximum absolute atomic E-state index is 14.3. The molecule has 34 heavy (non-hydrogen) atoms. The molecule has 0 unspecified atom stereocenters. The molecule has 0 aliphatic carbocycles. The van der Waals surface area contributed by atoms with E-state index < -0.39 is 28.5 Å². The van der Waals surface area contributed by atoms with E-state index in [1.54, 1.807) is 6.92 Å². The predicted molar refractivity (Wildman–Crippen MR) is 120 cm³/mol. The molecule has 0 atom stereocenters. The van der Waals surface area contributed by atoms with Gasteiger partial charge in [0.05, 0.1) is 24.6 Å². The lowest BCUT2D eigenvalue weighted by Crippen LogP contribution is -2.42. The fraction of sp³-hybridized carbons (Fsp3) is 0.333. The molecule has 1 N–H and O–H groups in total. The molecule has 2 aromatic heterocycles. The van der Waals surface area contributed by atoms with Crippen molar-refractivity contribution in [2.24, 2.45) is 5.92 Å². The van der Waals surface area contributed by atoms with Gasteiger partial charge in [0.1, 0.15) is 22.7 Å². The second-order valence-electron chi connectivity index (χ2n) is 8.10. The number of pyridine rings is 2. The van der Waals surface area contributed by atoms with E-state index in [9.17, 15) is 28.0 Å². The van der Waals surface area contributed by atoms with Gasteiger partial charge in [-0.1, -0.05) is 6.07 Å². The summed E-state index contributed by atoms with van der Waals surface area (Å²) < 4.78 is 35.0. The number of aromatic amines is 1. The second-order valence-corrected chi connectivity index (χ2v) is 8.10. The van der Waals surface area contributed by atoms with Gasteiger partial charge < -0.3 is 19.2 Å². The zero-order valence-electron chi connectivity index (χ0n) is 18.5. The summed E-state index contributed by atoms with van der Waals surface area (Å²) in [6, 6.07) is 6.03. The number of esters is 1. The Morgan fingerprint density at radius 1 is 1.09 bits per heavy atom. The highest BCUT2D eigenvalue weighted by Gasteiger charge is 2.30. The van der Waals surface area contributed by atoms with Gasteiger partial charge in [0, 0.05) is 30.9 Å². The zero-order valence-corrected chi connectivity index (χ0v) is 18.5. The fourth-order valence-electron chi connectivity index (χ4n) is 4.18. The molecule has 0 saturated carbocycles. The Morgan fingerprint density at radius 2 is 1.76 bits per heavy atom. The molecule has 1 aliphatic rings. The van der Waals surface area contributed by atoms with Crippen LogP contribution >= 0.6 is 0 Å². The Morgan fingerprint density at radius 3 is 2.41 bits per heavy atom. The first-order valence-electron chi connectivity index (χ1n) is 11.0. The third-order valence-electron chi connectivity index (χ3n) is 5.99. The van der Waals surface area contributed by atoms with Crippen LogP contribution in [-0.2, 0) is 16.1 Å². The number of ether oxygens (including phenoxy) is 1. The van der Waals surface area contributed by atoms with E-state index in [0.29, 0.717) is 12.8 Å². The van der Waals surface area contributed by atoms with Gasteiger partial charge in [-0.2, -0.15) is 0 Å². The summed E-state index contributed by atoms with van der Waals surface area (Å²) in [5.41, 5.74) is -1.61. The number of nitrogens with zero attached hydrogens (tertiary/aromatic N) is 2. The molecular formula is C24H23F2N3O5. The molecule has 1 fully saturated rings. The molecule has 1 aromatic carbocycles. The number of hydrogen-bond donors (Lipinski definition) is 1. The number of piperidine rings is 1. The van der Waals surface area contributed by atoms with Crippen LogP contribution in [-0.4, -0.2) is 46.0 Å². The number of carbonyl (C=O) groups is 2. The molecule has 1 saturated heterocycles. The largest absolute Gasteiger partial charge is 0.466 e. The average molecular weight is 471 g/mol. The molecule has 0 spiro atoms. The van der Waals surface area contributed by atoms with Crippen molar-refractivity contribution in [2.45, 2.75) is 26.3 Å². The highest BCUT2D eigenvalue weighted by atomic mass is 19.1. The van der Waals surface area contributed by atoms with Crippen molar-refractivity contribution in [3.05, 3.63) is 79.9 Å². The molecule has 1 amide bonds. The third kappa shape index (κ3) is 4.48. The first kappa shape index (κ1) is 23.3. The molecule has 0 radical (unpaired) electrons. The average Bonchev–Trinajstić information content (AvgIpc) is 2.83. The highest BCUT2D eigenvalue weighted by molar-refractivity contribution is 5.96. The van der Waals surface area contributed by atoms with Gasteiger partial charge in [-0.25, -0.2) is 8.78 Å². The number of nitrogens with one attached hydrogen (secondary N) is 1. The smallest absolute Gasteiger partial charge is 0.309 e. The van der Waals surface area contributed by atoms with Crippen molar-refractivity contribution in [3.8, 4) is 0 Å². The molecule has 4 rings (SSSR count). The van der Waals surface area contributed by atoms with Gasteiger partial charge in [-0.15, -0.1) is 0 Å². The van der Waals surface area contributed by atoms with Crippen LogP contribution < -0.4 is 11.0 Å². The summed E-state index contributed by atoms with van der Waals surface area (Å²) in [6.45, 7) is 2.18. The maximum Gasteiger partial charge on any atom is 0.309 e. The van der Waals surface area contributed by atoms with E-state index in [0.717, 1.165) is 12.1 Å². The van der Waals surface area contributed by atoms with E-state index >= 15 is 0 Å². The van der Waals surface area contributed by atoms with Gasteiger partial charge in [-0.3, -0.25) is 19.2 Å². The van der Waals surface area contributed by atoms with E-state index in [1.807, 2.05) is 0 Å². The Kier molecular flexibility index (Phi) is 6.58. The lowest BCUT2D eigenvalue weighted by atomic mass is 9.96. The SMILES string of the molecule is CCOC(=O)C1CCN(C(=O)c2cn(Cc3c(F)cccc3F)c3ccc(=O)[nH]c3c2=O)CC1. The molecular weight excluding hydrogens is 448 g/mol. The maximum atomic E-state index is 14.3. The molecule has 178 valence electrons. The number of hydrogen-bond acceptors (Lipinski definition) is 5. The number of H-pyrrole nitrogens is 1. The predicted octanol–water partition coefficient (Wildman–Crippen LogP) is 2.43. The summed E-state index contributed by atoms with van der Waals surface area (Å²) in [7, 11) is 0. The minimum atomic E-state index is -0.773. The molecule has 3 heterocycles. The highest BCUT2D eigenvalue weighted by Crippen LogP contribution is 2.21. The van der Waals surface area contributed by atoms with E-state index in [4.69, 9.17) is 4.74 Å². The van der Waals surface area contributed by atoms with Crippen molar-refractivity contribution >= 4 is 22.9 Å². The van der Waals surface area contributed by atoms with Crippen molar-refractivity contribution in [3.63, 3.8) is 0 Å². The number of benzene rings is 1. The number of halogens is 2. The Labute approximate surface area is 192 Å². The Balaban J connectivity index is 1.71. The molecule has 0 bridgehead atoms. The van der Waals surface area contributed by atoms with Crippen molar-refractivity contribution in [1.82, 2.24) is 14.5 Å². The zero-order chi connectivity index (χ0) is 24.4. The van der Waals surface area contributed by atoms with Gasteiger partial charge in [0.15, 0.2) is 0 Å². The first-order valence-corrected chi connectivity index (χ1v) is 11.0. The number of rotatable bonds is 5. The number of aromatic nitrogens is 2. The molecule has 10 heteroatoms. The van der Waals surface area contributed by atoms with Crippen LogP contribution in [0.4, 0.5) is 8.78 Å². The van der Waals surface area contributed by atoms with Crippen molar-refractivity contribution < 1.29 is 23.1 Å². The van der Waals surface area contributed by atoms with Crippen LogP contribution in [0.25, 0.3) is 11.0 Å². The molecule has 1 aliphatic heterocycles. The summed E-state index contributed by atoms with van der Waals surface area (Å²) in [5, 5.41) is 0. The van der Waals surface area contributed by atoms with Crippen LogP contribution in [0.1, 0.15) is 35.7 Å². The monoisotopic (exact) mass is 471 g/mol. The molecule has 8 nitrogen and oxygen atoms in total. The summed E-state index contributed by atoms with van der Waals surface area (Å²) in [5.74, 6) is -2.76. The second kappa shape index (κ2) is 9.58. The van der Waals surface area contributed by atoms with Crippen LogP contribution in [0.15, 0.2) is 46.1 Å². The minimum absolute atomic E-state index is 0.128. The summed E-state index contributed by atoms with van der Waals surface area (Å²) in [4.78, 5) is 54.1. The van der Waals surface area contributed by atoms with Crippen LogP contribution in [0.2, 0.25) is 0 Å². The molecule has 3 aromatic rings. The van der Waals surface area contributed by atoms with E-state index in [-0.39, 0.29) is 60.3 Å². The quantitative estimate of drug-likeness (QED) is 0.576. The topological polar surface area (TPSA) is 101 Å². The van der Waals surface area contributed by atoms with Gasteiger partial charge >= 0.3 is 5.97 Å². The standard InChI is InChI=1S/C24H23F2N3O5/c1-2-34-24(33)14-8-10-28(11-9-14)23(32)16-13-29(12-15-17(25)4-3-5-18(15)26)19-6-7-20(30)27-21(19)22(16)31/h3-7,13-14H,2,8-12H2,1H3,(H,27,30). The van der Waals surface area contributed by atoms with Gasteiger partial charge in [0.25, 0.3) is 5.91 Å². The van der Waals surface area contributed by atoms with Crippen molar-refractivity contribution in [1.29, 1.82) is 0 Å². The van der Waals surface area contributed by atoms with Crippen LogP contribution in [0, 0.1) is 17.6 Å². The fourth-order valence-corrected chi connectivity index (χ4v) is 4.18. The van der Waals surface area contributed by atoms with E-state index in [1.165, 1.54) is 33.9 Å². The minimum Gasteiger partial charge on any atom is -0.466 e. The normalized spacial score (nSPS) is 14.4. The van der Waals surface area contributed by atoms with Crippen LogP contribution in [0.5, 0.6) is 0 Å². The number of carbonyl (C=O) groups excluding carboxylic acids is 2. The summed E-state index contributed by atoms with van der Waals surface area (Å²) in [6.07, 6.45) is 2.04. The Bertz CT molecular complexity index is 1350. The van der Waals surface area contributed by atoms with Crippen LogP contribution in [0.3, 0.4) is 0 Å². The van der Waals surface area contributed by atoms with Gasteiger partial charge in [0.2, 0.25) is 11.0 Å². The Hall–Kier alpha value is -3.82. The number of fused-ring (bicyclic) bond motifs is 1. The first-order chi connectivity index (χ1) is 16.3. The lowest BCUT2D eigenvalue weighted by Gasteiger charge is -2.31. The third-order valence-corrected chi connectivity index (χ3v) is 5.99. The van der Waals surface area contributed by atoms with E-state index in [2.05, 4.69) is 4.98 Å². The van der Waals surface area contributed by atoms with Gasteiger partial charge in [-0.05, 0) is 38.0 Å².